The summed E-state index contributed by atoms with van der Waals surface area (Å²) in [5.74, 6) is -1.61. The third-order valence-corrected chi connectivity index (χ3v) is 5.86. The summed E-state index contributed by atoms with van der Waals surface area (Å²) < 4.78 is 33.1. The molecule has 0 saturated heterocycles. The Morgan fingerprint density at radius 2 is 1.96 bits per heavy atom. The number of benzene rings is 1. The van der Waals surface area contributed by atoms with Crippen molar-refractivity contribution >= 4 is 49.9 Å². The minimum absolute atomic E-state index is 0.00202. The van der Waals surface area contributed by atoms with Crippen LogP contribution in [0.5, 0.6) is 0 Å². The Hall–Kier alpha value is -2.65. The molecule has 148 valence electrons. The number of nitrogens with zero attached hydrogens (tertiary/aromatic N) is 1. The van der Waals surface area contributed by atoms with E-state index in [9.17, 15) is 23.3 Å². The van der Waals surface area contributed by atoms with Gasteiger partial charge >= 0.3 is 11.9 Å². The Kier molecular flexibility index (Phi) is 6.63. The number of sulfonamides is 1. The second-order valence-corrected chi connectivity index (χ2v) is 8.24. The van der Waals surface area contributed by atoms with Crippen LogP contribution in [0.25, 0.3) is 0 Å². The number of primary sulfonamides is 1. The smallest absolute Gasteiger partial charge is 0.348 e. The lowest BCUT2D eigenvalue weighted by Gasteiger charge is -2.08. The van der Waals surface area contributed by atoms with Gasteiger partial charge in [0, 0.05) is 5.56 Å². The summed E-state index contributed by atoms with van der Waals surface area (Å²) in [4.78, 5) is 23.9. The summed E-state index contributed by atoms with van der Waals surface area (Å²) in [6.07, 6.45) is 0. The van der Waals surface area contributed by atoms with E-state index in [1.54, 1.807) is 6.92 Å². The highest BCUT2D eigenvalue weighted by Crippen LogP contribution is 2.32. The van der Waals surface area contributed by atoms with Crippen LogP contribution in [0.2, 0.25) is 5.02 Å². The highest BCUT2D eigenvalue weighted by molar-refractivity contribution is 7.89. The fraction of sp³-hybridized carbons (Fsp3) is 0.188. The number of halogens is 1. The predicted molar refractivity (Wildman–Crippen MR) is 101 cm³/mol. The molecule has 0 aliphatic carbocycles. The summed E-state index contributed by atoms with van der Waals surface area (Å²) in [6, 6.07) is 5.26. The van der Waals surface area contributed by atoms with Crippen LogP contribution in [0.1, 0.15) is 38.1 Å². The van der Waals surface area contributed by atoms with Crippen LogP contribution in [0.3, 0.4) is 0 Å². The second-order valence-electron chi connectivity index (χ2n) is 5.25. The van der Waals surface area contributed by atoms with Crippen molar-refractivity contribution in [1.29, 1.82) is 5.26 Å². The molecule has 0 spiro atoms. The first kappa shape index (κ1) is 21.6. The molecule has 0 fully saturated rings. The number of ether oxygens (including phenoxy) is 2. The number of nitrogen functional groups attached to an aromatic ring is 1. The molecule has 0 amide bonds. The number of carbonyl (C=O) groups is 2. The molecule has 4 N–H and O–H groups in total. The molecule has 0 aliphatic heterocycles. The maximum absolute atomic E-state index is 12.3. The zero-order chi connectivity index (χ0) is 21.1. The predicted octanol–water partition coefficient (Wildman–Crippen LogP) is 2.04. The largest absolute Gasteiger partial charge is 0.462 e. The molecule has 0 bridgehead atoms. The van der Waals surface area contributed by atoms with E-state index in [1.807, 2.05) is 6.07 Å². The van der Waals surface area contributed by atoms with Crippen LogP contribution in [0.15, 0.2) is 23.1 Å². The lowest BCUT2D eigenvalue weighted by molar-refractivity contribution is 0.0452. The van der Waals surface area contributed by atoms with Crippen LogP contribution in [0.4, 0.5) is 5.00 Å². The molecule has 1 heterocycles. The fourth-order valence-electron chi connectivity index (χ4n) is 2.18. The van der Waals surface area contributed by atoms with E-state index in [-0.39, 0.29) is 38.2 Å². The SMILES string of the molecule is CCOC(=O)c1sc(N)c(C#N)c1COC(=O)c1ccc(Cl)c(S(N)(=O)=O)c1. The number of carbonyl (C=O) groups excluding carboxylic acids is 2. The topological polar surface area (TPSA) is 163 Å². The molecule has 0 radical (unpaired) electrons. The molecular formula is C16H14ClN3O6S2. The summed E-state index contributed by atoms with van der Waals surface area (Å²) in [6.45, 7) is 1.28. The number of anilines is 1. The lowest BCUT2D eigenvalue weighted by atomic mass is 10.1. The van der Waals surface area contributed by atoms with E-state index in [0.717, 1.165) is 17.4 Å². The van der Waals surface area contributed by atoms with E-state index in [1.165, 1.54) is 12.1 Å². The average Bonchev–Trinajstić information content (AvgIpc) is 2.94. The van der Waals surface area contributed by atoms with E-state index >= 15 is 0 Å². The average molecular weight is 444 g/mol. The van der Waals surface area contributed by atoms with E-state index in [4.69, 9.17) is 31.9 Å². The van der Waals surface area contributed by atoms with Crippen molar-refractivity contribution in [2.75, 3.05) is 12.3 Å². The van der Waals surface area contributed by atoms with Gasteiger partial charge in [0.05, 0.1) is 22.8 Å². The van der Waals surface area contributed by atoms with Gasteiger partial charge in [-0.2, -0.15) is 5.26 Å². The standard InChI is InChI=1S/C16H14ClN3O6S2/c1-2-25-16(22)13-10(9(6-18)14(19)27-13)7-26-15(21)8-3-4-11(17)12(5-8)28(20,23)24/h3-5H,2,7,19H2,1H3,(H2,20,23,24). The monoisotopic (exact) mass is 443 g/mol. The minimum atomic E-state index is -4.15. The number of hydrogen-bond acceptors (Lipinski definition) is 9. The number of hydrogen-bond donors (Lipinski definition) is 2. The zero-order valence-electron chi connectivity index (χ0n) is 14.4. The van der Waals surface area contributed by atoms with Crippen molar-refractivity contribution in [2.24, 2.45) is 5.14 Å². The van der Waals surface area contributed by atoms with Gasteiger partial charge in [-0.3, -0.25) is 0 Å². The molecule has 0 unspecified atom stereocenters. The Morgan fingerprint density at radius 3 is 2.54 bits per heavy atom. The molecule has 0 atom stereocenters. The molecule has 28 heavy (non-hydrogen) atoms. The van der Waals surface area contributed by atoms with Gasteiger partial charge in [-0.15, -0.1) is 11.3 Å². The van der Waals surface area contributed by atoms with Crippen molar-refractivity contribution in [3.05, 3.63) is 44.8 Å². The molecule has 1 aromatic heterocycles. The minimum Gasteiger partial charge on any atom is -0.462 e. The Bertz CT molecular complexity index is 1090. The maximum atomic E-state index is 12.3. The van der Waals surface area contributed by atoms with Crippen molar-refractivity contribution < 1.29 is 27.5 Å². The van der Waals surface area contributed by atoms with Gasteiger partial charge in [0.2, 0.25) is 10.0 Å². The highest BCUT2D eigenvalue weighted by Gasteiger charge is 2.24. The number of esters is 2. The molecule has 1 aromatic carbocycles. The van der Waals surface area contributed by atoms with Crippen LogP contribution in [-0.4, -0.2) is 27.0 Å². The molecular weight excluding hydrogens is 430 g/mol. The van der Waals surface area contributed by atoms with E-state index in [2.05, 4.69) is 0 Å². The third kappa shape index (κ3) is 4.60. The summed E-state index contributed by atoms with van der Waals surface area (Å²) in [5.41, 5.74) is 5.72. The molecule has 0 aliphatic rings. The van der Waals surface area contributed by atoms with Crippen LogP contribution in [0, 0.1) is 11.3 Å². The lowest BCUT2D eigenvalue weighted by Crippen LogP contribution is -2.14. The van der Waals surface area contributed by atoms with Crippen molar-refractivity contribution in [3.63, 3.8) is 0 Å². The number of nitriles is 1. The first-order valence-electron chi connectivity index (χ1n) is 7.58. The molecule has 12 heteroatoms. The normalized spacial score (nSPS) is 10.9. The van der Waals surface area contributed by atoms with Gasteiger partial charge in [0.15, 0.2) is 0 Å². The molecule has 2 aromatic rings. The van der Waals surface area contributed by atoms with Gasteiger partial charge in [-0.1, -0.05) is 11.6 Å². The van der Waals surface area contributed by atoms with Gasteiger partial charge in [0.1, 0.15) is 27.4 Å². The Balaban J connectivity index is 2.31. The van der Waals surface area contributed by atoms with Crippen LogP contribution >= 0.6 is 22.9 Å². The first-order valence-corrected chi connectivity index (χ1v) is 10.3. The van der Waals surface area contributed by atoms with E-state index < -0.39 is 33.5 Å². The van der Waals surface area contributed by atoms with Crippen molar-refractivity contribution in [1.82, 2.24) is 0 Å². The van der Waals surface area contributed by atoms with E-state index in [0.29, 0.717) is 0 Å². The van der Waals surface area contributed by atoms with Gasteiger partial charge < -0.3 is 15.2 Å². The van der Waals surface area contributed by atoms with Gasteiger partial charge in [0.25, 0.3) is 0 Å². The molecule has 9 nitrogen and oxygen atoms in total. The van der Waals surface area contributed by atoms with Crippen LogP contribution < -0.4 is 10.9 Å². The second kappa shape index (κ2) is 8.57. The summed E-state index contributed by atoms with van der Waals surface area (Å²) in [5, 5.41) is 14.2. The fourth-order valence-corrected chi connectivity index (χ4v) is 4.16. The van der Waals surface area contributed by atoms with Crippen molar-refractivity contribution in [2.45, 2.75) is 18.4 Å². The number of nitrogens with two attached hydrogens (primary N) is 2. The number of rotatable bonds is 6. The maximum Gasteiger partial charge on any atom is 0.348 e. The Morgan fingerprint density at radius 1 is 1.29 bits per heavy atom. The molecule has 0 saturated carbocycles. The first-order chi connectivity index (χ1) is 13.1. The van der Waals surface area contributed by atoms with Gasteiger partial charge in [-0.25, -0.2) is 23.1 Å². The third-order valence-electron chi connectivity index (χ3n) is 3.43. The molecule has 2 rings (SSSR count). The summed E-state index contributed by atoms with van der Waals surface area (Å²) >= 11 is 6.62. The van der Waals surface area contributed by atoms with Crippen molar-refractivity contribution in [3.8, 4) is 6.07 Å². The number of thiophene rings is 1. The van der Waals surface area contributed by atoms with Crippen LogP contribution in [-0.2, 0) is 26.1 Å². The summed E-state index contributed by atoms with van der Waals surface area (Å²) in [7, 11) is -4.15. The quantitative estimate of drug-likeness (QED) is 0.640. The zero-order valence-corrected chi connectivity index (χ0v) is 16.8. The Labute approximate surface area is 169 Å². The highest BCUT2D eigenvalue weighted by atomic mass is 35.5. The van der Waals surface area contributed by atoms with Gasteiger partial charge in [-0.05, 0) is 25.1 Å².